The third-order valence-electron chi connectivity index (χ3n) is 3.04. The monoisotopic (exact) mass is 288 g/mol. The van der Waals surface area contributed by atoms with Crippen LogP contribution >= 0.6 is 11.6 Å². The van der Waals surface area contributed by atoms with Gasteiger partial charge in [0.15, 0.2) is 0 Å². The van der Waals surface area contributed by atoms with Crippen molar-refractivity contribution in [3.8, 4) is 0 Å². The van der Waals surface area contributed by atoms with Crippen molar-refractivity contribution < 1.29 is 4.79 Å². The van der Waals surface area contributed by atoms with E-state index in [1.165, 1.54) is 0 Å². The van der Waals surface area contributed by atoms with Gasteiger partial charge in [0.05, 0.1) is 0 Å². The molecular weight excluding hydrogens is 272 g/mol. The molecule has 1 N–H and O–H groups in total. The van der Waals surface area contributed by atoms with Crippen molar-refractivity contribution in [3.05, 3.63) is 65.2 Å². The van der Waals surface area contributed by atoms with Crippen molar-refractivity contribution in [1.29, 1.82) is 0 Å². The van der Waals surface area contributed by atoms with E-state index in [2.05, 4.69) is 10.2 Å². The SMILES string of the molecule is CN(CCNC(=O)c1ccccc1)c1ccc(Cl)cc1. The minimum absolute atomic E-state index is 0.0462. The van der Waals surface area contributed by atoms with Gasteiger partial charge in [-0.05, 0) is 36.4 Å². The Bertz CT molecular complexity index is 554. The second-order valence-corrected chi connectivity index (χ2v) is 4.96. The standard InChI is InChI=1S/C16H17ClN2O/c1-19(15-9-7-14(17)8-10-15)12-11-18-16(20)13-5-3-2-4-6-13/h2-10H,11-12H2,1H3,(H,18,20). The Kier molecular flexibility index (Phi) is 5.02. The van der Waals surface area contributed by atoms with Gasteiger partial charge in [-0.1, -0.05) is 29.8 Å². The zero-order chi connectivity index (χ0) is 14.4. The highest BCUT2D eigenvalue weighted by molar-refractivity contribution is 6.30. The molecule has 2 aromatic carbocycles. The molecule has 0 spiro atoms. The van der Waals surface area contributed by atoms with Gasteiger partial charge in [0.1, 0.15) is 0 Å². The maximum absolute atomic E-state index is 11.9. The molecule has 0 aliphatic carbocycles. The van der Waals surface area contributed by atoms with Gasteiger partial charge in [0.2, 0.25) is 0 Å². The van der Waals surface area contributed by atoms with Gasteiger partial charge in [-0.2, -0.15) is 0 Å². The summed E-state index contributed by atoms with van der Waals surface area (Å²) in [5.41, 5.74) is 1.75. The molecule has 0 aromatic heterocycles. The molecule has 3 nitrogen and oxygen atoms in total. The number of rotatable bonds is 5. The number of likely N-dealkylation sites (N-methyl/N-ethyl adjacent to an activating group) is 1. The van der Waals surface area contributed by atoms with Gasteiger partial charge in [-0.3, -0.25) is 4.79 Å². The number of carbonyl (C=O) groups is 1. The number of amides is 1. The summed E-state index contributed by atoms with van der Waals surface area (Å²) >= 11 is 5.85. The Morgan fingerprint density at radius 3 is 2.40 bits per heavy atom. The fourth-order valence-corrected chi connectivity index (χ4v) is 1.98. The number of nitrogens with one attached hydrogen (secondary N) is 1. The predicted octanol–water partition coefficient (Wildman–Crippen LogP) is 3.21. The van der Waals surface area contributed by atoms with Gasteiger partial charge >= 0.3 is 0 Å². The average Bonchev–Trinajstić information content (AvgIpc) is 2.48. The quantitative estimate of drug-likeness (QED) is 0.916. The maximum atomic E-state index is 11.9. The topological polar surface area (TPSA) is 32.3 Å². The van der Waals surface area contributed by atoms with Crippen molar-refractivity contribution in [2.45, 2.75) is 0 Å². The first kappa shape index (κ1) is 14.4. The minimum atomic E-state index is -0.0462. The van der Waals surface area contributed by atoms with Crippen molar-refractivity contribution in [2.24, 2.45) is 0 Å². The van der Waals surface area contributed by atoms with Crippen LogP contribution in [-0.2, 0) is 0 Å². The normalized spacial score (nSPS) is 10.1. The van der Waals surface area contributed by atoms with E-state index >= 15 is 0 Å². The molecule has 0 unspecified atom stereocenters. The van der Waals surface area contributed by atoms with Crippen LogP contribution in [0.3, 0.4) is 0 Å². The fraction of sp³-hybridized carbons (Fsp3) is 0.188. The molecule has 104 valence electrons. The highest BCUT2D eigenvalue weighted by Gasteiger charge is 2.05. The van der Waals surface area contributed by atoms with Gasteiger partial charge < -0.3 is 10.2 Å². The molecule has 1 amide bonds. The molecule has 20 heavy (non-hydrogen) atoms. The lowest BCUT2D eigenvalue weighted by molar-refractivity contribution is 0.0955. The van der Waals surface area contributed by atoms with Crippen LogP contribution in [-0.4, -0.2) is 26.0 Å². The summed E-state index contributed by atoms with van der Waals surface area (Å²) in [6.07, 6.45) is 0. The van der Waals surface area contributed by atoms with Crippen LogP contribution in [0.1, 0.15) is 10.4 Å². The fourth-order valence-electron chi connectivity index (χ4n) is 1.85. The molecule has 0 saturated carbocycles. The van der Waals surface area contributed by atoms with Crippen molar-refractivity contribution in [3.63, 3.8) is 0 Å². The number of benzene rings is 2. The smallest absolute Gasteiger partial charge is 0.251 e. The molecule has 0 bridgehead atoms. The number of halogens is 1. The van der Waals surface area contributed by atoms with E-state index in [1.54, 1.807) is 12.1 Å². The van der Waals surface area contributed by atoms with E-state index in [9.17, 15) is 4.79 Å². The number of carbonyl (C=O) groups excluding carboxylic acids is 1. The van der Waals surface area contributed by atoms with Crippen molar-refractivity contribution in [2.75, 3.05) is 25.0 Å². The van der Waals surface area contributed by atoms with Gasteiger partial charge in [-0.15, -0.1) is 0 Å². The van der Waals surface area contributed by atoms with Crippen LogP contribution in [0, 0.1) is 0 Å². The summed E-state index contributed by atoms with van der Waals surface area (Å²) < 4.78 is 0. The Morgan fingerprint density at radius 2 is 1.75 bits per heavy atom. The van der Waals surface area contributed by atoms with Crippen LogP contribution in [0.2, 0.25) is 5.02 Å². The largest absolute Gasteiger partial charge is 0.373 e. The van der Waals surface area contributed by atoms with E-state index in [-0.39, 0.29) is 5.91 Å². The van der Waals surface area contributed by atoms with Crippen LogP contribution in [0.15, 0.2) is 54.6 Å². The number of nitrogens with zero attached hydrogens (tertiary/aromatic N) is 1. The van der Waals surface area contributed by atoms with Crippen LogP contribution < -0.4 is 10.2 Å². The molecule has 0 atom stereocenters. The number of hydrogen-bond acceptors (Lipinski definition) is 2. The van der Waals surface area contributed by atoms with Crippen LogP contribution in [0.25, 0.3) is 0 Å². The molecule has 4 heteroatoms. The lowest BCUT2D eigenvalue weighted by atomic mass is 10.2. The molecule has 0 fully saturated rings. The highest BCUT2D eigenvalue weighted by atomic mass is 35.5. The summed E-state index contributed by atoms with van der Waals surface area (Å²) in [5, 5.41) is 3.63. The Labute approximate surface area is 124 Å². The van der Waals surface area contributed by atoms with E-state index in [0.717, 1.165) is 17.3 Å². The van der Waals surface area contributed by atoms with Crippen molar-refractivity contribution >= 4 is 23.2 Å². The molecule has 2 aromatic rings. The van der Waals surface area contributed by atoms with E-state index < -0.39 is 0 Å². The van der Waals surface area contributed by atoms with Crippen LogP contribution in [0.4, 0.5) is 5.69 Å². The third-order valence-corrected chi connectivity index (χ3v) is 3.29. The maximum Gasteiger partial charge on any atom is 0.251 e. The van der Waals surface area contributed by atoms with Crippen molar-refractivity contribution in [1.82, 2.24) is 5.32 Å². The first-order valence-corrected chi connectivity index (χ1v) is 6.84. The molecule has 0 aliphatic rings. The highest BCUT2D eigenvalue weighted by Crippen LogP contribution is 2.16. The number of hydrogen-bond donors (Lipinski definition) is 1. The number of anilines is 1. The van der Waals surface area contributed by atoms with E-state index in [1.807, 2.05) is 49.5 Å². The Morgan fingerprint density at radius 1 is 1.10 bits per heavy atom. The lowest BCUT2D eigenvalue weighted by Gasteiger charge is -2.19. The zero-order valence-electron chi connectivity index (χ0n) is 11.3. The molecule has 0 saturated heterocycles. The Hall–Kier alpha value is -2.00. The first-order chi connectivity index (χ1) is 9.66. The summed E-state index contributed by atoms with van der Waals surface area (Å²) in [5.74, 6) is -0.0462. The summed E-state index contributed by atoms with van der Waals surface area (Å²) in [6.45, 7) is 1.33. The van der Waals surface area contributed by atoms with E-state index in [0.29, 0.717) is 12.1 Å². The molecule has 2 rings (SSSR count). The first-order valence-electron chi connectivity index (χ1n) is 6.47. The minimum Gasteiger partial charge on any atom is -0.373 e. The van der Waals surface area contributed by atoms with Gasteiger partial charge in [-0.25, -0.2) is 0 Å². The van der Waals surface area contributed by atoms with Gasteiger partial charge in [0.25, 0.3) is 5.91 Å². The summed E-state index contributed by atoms with van der Waals surface area (Å²) in [7, 11) is 1.98. The molecule has 0 aliphatic heterocycles. The predicted molar refractivity (Wildman–Crippen MR) is 83.5 cm³/mol. The second kappa shape index (κ2) is 6.96. The average molecular weight is 289 g/mol. The molecular formula is C16H17ClN2O. The van der Waals surface area contributed by atoms with Gasteiger partial charge in [0, 0.05) is 36.4 Å². The second-order valence-electron chi connectivity index (χ2n) is 4.52. The Balaban J connectivity index is 1.81. The zero-order valence-corrected chi connectivity index (χ0v) is 12.1. The van der Waals surface area contributed by atoms with Crippen LogP contribution in [0.5, 0.6) is 0 Å². The molecule has 0 radical (unpaired) electrons. The summed E-state index contributed by atoms with van der Waals surface area (Å²) in [6, 6.07) is 16.8. The summed E-state index contributed by atoms with van der Waals surface area (Å²) in [4.78, 5) is 13.9. The van der Waals surface area contributed by atoms with E-state index in [4.69, 9.17) is 11.6 Å². The molecule has 0 heterocycles. The lowest BCUT2D eigenvalue weighted by Crippen LogP contribution is -2.32. The third kappa shape index (κ3) is 4.00.